The number of pyridine rings is 1. The standard InChI is InChI=1S/C24H24N2/c1-18(17-19-9-3-2-4-10-19)25-16-15-20-21-11-5-7-13-23(21)26-24-14-8-6-12-22(20)24/h2-14,18,25H,15-17H2,1H3/t18-/m1/s1. The van der Waals surface area contributed by atoms with Gasteiger partial charge in [-0.2, -0.15) is 0 Å². The first-order chi connectivity index (χ1) is 12.8. The minimum Gasteiger partial charge on any atom is -0.314 e. The molecule has 0 amide bonds. The number of benzene rings is 3. The monoisotopic (exact) mass is 340 g/mol. The minimum absolute atomic E-state index is 0.455. The highest BCUT2D eigenvalue weighted by Gasteiger charge is 2.09. The van der Waals surface area contributed by atoms with E-state index in [1.54, 1.807) is 0 Å². The first-order valence-electron chi connectivity index (χ1n) is 9.35. The van der Waals surface area contributed by atoms with E-state index in [4.69, 9.17) is 4.98 Å². The van der Waals surface area contributed by atoms with Crippen molar-refractivity contribution in [2.45, 2.75) is 25.8 Å². The largest absolute Gasteiger partial charge is 0.314 e. The van der Waals surface area contributed by atoms with E-state index in [0.717, 1.165) is 30.4 Å². The van der Waals surface area contributed by atoms with Crippen molar-refractivity contribution in [1.29, 1.82) is 0 Å². The summed E-state index contributed by atoms with van der Waals surface area (Å²) in [6.45, 7) is 3.22. The normalized spacial score (nSPS) is 12.5. The molecule has 0 fully saturated rings. The van der Waals surface area contributed by atoms with Gasteiger partial charge in [-0.05, 0) is 49.6 Å². The number of hydrogen-bond acceptors (Lipinski definition) is 2. The lowest BCUT2D eigenvalue weighted by atomic mass is 9.99. The molecule has 4 rings (SSSR count). The SMILES string of the molecule is C[C@H](Cc1ccccc1)NCCc1c2ccccc2nc2ccccc12. The van der Waals surface area contributed by atoms with Crippen molar-refractivity contribution in [2.75, 3.05) is 6.54 Å². The number of fused-ring (bicyclic) bond motifs is 2. The number of hydrogen-bond donors (Lipinski definition) is 1. The third-order valence-corrected chi connectivity index (χ3v) is 4.95. The van der Waals surface area contributed by atoms with Crippen molar-refractivity contribution in [1.82, 2.24) is 10.3 Å². The Balaban J connectivity index is 1.52. The Morgan fingerprint density at radius 1 is 0.769 bits per heavy atom. The Kier molecular flexibility index (Phi) is 4.94. The lowest BCUT2D eigenvalue weighted by molar-refractivity contribution is 0.549. The predicted octanol–water partition coefficient (Wildman–Crippen LogP) is 5.15. The molecular weight excluding hydrogens is 316 g/mol. The van der Waals surface area contributed by atoms with Crippen LogP contribution in [0.5, 0.6) is 0 Å². The second-order valence-electron chi connectivity index (χ2n) is 6.92. The van der Waals surface area contributed by atoms with Gasteiger partial charge in [0.2, 0.25) is 0 Å². The highest BCUT2D eigenvalue weighted by molar-refractivity contribution is 5.97. The van der Waals surface area contributed by atoms with Gasteiger partial charge in [0.05, 0.1) is 11.0 Å². The summed E-state index contributed by atoms with van der Waals surface area (Å²) in [6.07, 6.45) is 2.06. The number of aromatic nitrogens is 1. The molecule has 26 heavy (non-hydrogen) atoms. The Labute approximate surface area is 154 Å². The van der Waals surface area contributed by atoms with E-state index in [1.807, 2.05) is 0 Å². The summed E-state index contributed by atoms with van der Waals surface area (Å²) in [5.74, 6) is 0. The third kappa shape index (κ3) is 3.61. The summed E-state index contributed by atoms with van der Waals surface area (Å²) in [5, 5.41) is 6.22. The Hall–Kier alpha value is -2.71. The zero-order valence-electron chi connectivity index (χ0n) is 15.2. The second-order valence-corrected chi connectivity index (χ2v) is 6.92. The fraction of sp³-hybridized carbons (Fsp3) is 0.208. The lowest BCUT2D eigenvalue weighted by Crippen LogP contribution is -2.30. The van der Waals surface area contributed by atoms with Gasteiger partial charge < -0.3 is 5.32 Å². The summed E-state index contributed by atoms with van der Waals surface area (Å²) in [5.41, 5.74) is 4.94. The van der Waals surface area contributed by atoms with Crippen LogP contribution in [0.25, 0.3) is 21.8 Å². The average molecular weight is 340 g/mol. The average Bonchev–Trinajstić information content (AvgIpc) is 2.68. The number of nitrogens with one attached hydrogen (secondary N) is 1. The number of para-hydroxylation sites is 2. The van der Waals surface area contributed by atoms with Crippen LogP contribution in [0.1, 0.15) is 18.1 Å². The number of rotatable bonds is 6. The van der Waals surface area contributed by atoms with Crippen LogP contribution in [0.4, 0.5) is 0 Å². The molecule has 130 valence electrons. The topological polar surface area (TPSA) is 24.9 Å². The Bertz CT molecular complexity index is 954. The van der Waals surface area contributed by atoms with Crippen molar-refractivity contribution in [3.8, 4) is 0 Å². The third-order valence-electron chi connectivity index (χ3n) is 4.95. The van der Waals surface area contributed by atoms with E-state index in [1.165, 1.54) is 21.9 Å². The van der Waals surface area contributed by atoms with Crippen molar-refractivity contribution >= 4 is 21.8 Å². The van der Waals surface area contributed by atoms with E-state index in [0.29, 0.717) is 6.04 Å². The highest BCUT2D eigenvalue weighted by atomic mass is 14.9. The van der Waals surface area contributed by atoms with Gasteiger partial charge in [0.25, 0.3) is 0 Å². The van der Waals surface area contributed by atoms with E-state index in [2.05, 4.69) is 91.1 Å². The van der Waals surface area contributed by atoms with Gasteiger partial charge >= 0.3 is 0 Å². The van der Waals surface area contributed by atoms with Crippen LogP contribution >= 0.6 is 0 Å². The van der Waals surface area contributed by atoms with Gasteiger partial charge in [-0.15, -0.1) is 0 Å². The Morgan fingerprint density at radius 3 is 2.00 bits per heavy atom. The quantitative estimate of drug-likeness (QED) is 0.491. The number of nitrogens with zero attached hydrogens (tertiary/aromatic N) is 1. The second kappa shape index (κ2) is 7.67. The molecule has 0 unspecified atom stereocenters. The van der Waals surface area contributed by atoms with Crippen molar-refractivity contribution < 1.29 is 0 Å². The fourth-order valence-corrected chi connectivity index (χ4v) is 3.68. The molecule has 3 aromatic carbocycles. The molecule has 1 heterocycles. The summed E-state index contributed by atoms with van der Waals surface area (Å²) in [4.78, 5) is 4.82. The fourth-order valence-electron chi connectivity index (χ4n) is 3.68. The maximum Gasteiger partial charge on any atom is 0.0712 e. The summed E-state index contributed by atoms with van der Waals surface area (Å²) in [6, 6.07) is 28.1. The Morgan fingerprint density at radius 2 is 1.35 bits per heavy atom. The summed E-state index contributed by atoms with van der Waals surface area (Å²) >= 11 is 0. The molecule has 0 saturated carbocycles. The van der Waals surface area contributed by atoms with E-state index in [-0.39, 0.29) is 0 Å². The van der Waals surface area contributed by atoms with Crippen LogP contribution in [0, 0.1) is 0 Å². The van der Waals surface area contributed by atoms with Crippen LogP contribution in [-0.2, 0) is 12.8 Å². The van der Waals surface area contributed by atoms with Crippen molar-refractivity contribution in [2.24, 2.45) is 0 Å². The van der Waals surface area contributed by atoms with E-state index >= 15 is 0 Å². The molecule has 0 aliphatic carbocycles. The molecule has 0 aliphatic heterocycles. The van der Waals surface area contributed by atoms with Gasteiger partial charge in [0, 0.05) is 16.8 Å². The molecule has 2 nitrogen and oxygen atoms in total. The molecule has 0 spiro atoms. The van der Waals surface area contributed by atoms with Crippen LogP contribution in [0.3, 0.4) is 0 Å². The van der Waals surface area contributed by atoms with Crippen LogP contribution in [0.15, 0.2) is 78.9 Å². The molecule has 0 aliphatic rings. The van der Waals surface area contributed by atoms with Crippen LogP contribution < -0.4 is 5.32 Å². The van der Waals surface area contributed by atoms with Crippen molar-refractivity contribution in [3.05, 3.63) is 90.0 Å². The van der Waals surface area contributed by atoms with Crippen LogP contribution in [0.2, 0.25) is 0 Å². The van der Waals surface area contributed by atoms with Gasteiger partial charge in [-0.25, -0.2) is 4.98 Å². The minimum atomic E-state index is 0.455. The highest BCUT2D eigenvalue weighted by Crippen LogP contribution is 2.26. The molecule has 2 heteroatoms. The smallest absolute Gasteiger partial charge is 0.0712 e. The molecule has 0 radical (unpaired) electrons. The molecule has 4 aromatic rings. The predicted molar refractivity (Wildman–Crippen MR) is 111 cm³/mol. The van der Waals surface area contributed by atoms with Crippen molar-refractivity contribution in [3.63, 3.8) is 0 Å². The molecule has 1 N–H and O–H groups in total. The molecule has 0 saturated heterocycles. The first-order valence-corrected chi connectivity index (χ1v) is 9.35. The zero-order valence-corrected chi connectivity index (χ0v) is 15.2. The van der Waals surface area contributed by atoms with Gasteiger partial charge in [0.1, 0.15) is 0 Å². The molecular formula is C24H24N2. The molecule has 1 atom stereocenters. The molecule has 0 bridgehead atoms. The van der Waals surface area contributed by atoms with Gasteiger partial charge in [-0.1, -0.05) is 66.7 Å². The summed E-state index contributed by atoms with van der Waals surface area (Å²) < 4.78 is 0. The zero-order chi connectivity index (χ0) is 17.8. The van der Waals surface area contributed by atoms with Gasteiger partial charge in [0.15, 0.2) is 0 Å². The van der Waals surface area contributed by atoms with E-state index < -0.39 is 0 Å². The maximum absolute atomic E-state index is 4.82. The summed E-state index contributed by atoms with van der Waals surface area (Å²) in [7, 11) is 0. The maximum atomic E-state index is 4.82. The first kappa shape index (κ1) is 16.7. The molecule has 1 aromatic heterocycles. The lowest BCUT2D eigenvalue weighted by Gasteiger charge is -2.15. The van der Waals surface area contributed by atoms with E-state index in [9.17, 15) is 0 Å². The van der Waals surface area contributed by atoms with Crippen LogP contribution in [-0.4, -0.2) is 17.6 Å². The van der Waals surface area contributed by atoms with Gasteiger partial charge in [-0.3, -0.25) is 0 Å².